The highest BCUT2D eigenvalue weighted by atomic mass is 16.7. The van der Waals surface area contributed by atoms with Crippen LogP contribution in [0.3, 0.4) is 0 Å². The molecule has 2 aromatic carbocycles. The van der Waals surface area contributed by atoms with Crippen molar-refractivity contribution in [2.75, 3.05) is 20.2 Å². The van der Waals surface area contributed by atoms with Crippen molar-refractivity contribution in [3.8, 4) is 11.5 Å². The Hall–Kier alpha value is -3.19. The number of ether oxygens (including phenoxy) is 2. The fourth-order valence-electron chi connectivity index (χ4n) is 4.96. The second kappa shape index (κ2) is 9.97. The van der Waals surface area contributed by atoms with Gasteiger partial charge in [0.25, 0.3) is 0 Å². The Morgan fingerprint density at radius 2 is 1.88 bits per heavy atom. The summed E-state index contributed by atoms with van der Waals surface area (Å²) in [6, 6.07) is 15.9. The average molecular weight is 464 g/mol. The van der Waals surface area contributed by atoms with Crippen LogP contribution in [0.2, 0.25) is 0 Å². The molecule has 180 valence electrons. The van der Waals surface area contributed by atoms with E-state index in [0.29, 0.717) is 19.6 Å². The standard InChI is InChI=1S/C27H33N3O4/c1-32-24-12-11-21(17-25(24)33-22-9-5-6-10-22)23-18-27(34-29-23)13-15-30(16-14-27)26(31)28-19-20-7-3-2-4-8-20/h2-4,7-8,11-12,17-18,22,29H,5-6,9-10,13-16,19H2,1H3,(H,28,31). The van der Waals surface area contributed by atoms with Crippen LogP contribution in [-0.2, 0) is 11.4 Å². The first kappa shape index (κ1) is 22.6. The van der Waals surface area contributed by atoms with Crippen molar-refractivity contribution >= 4 is 11.7 Å². The van der Waals surface area contributed by atoms with Gasteiger partial charge in [-0.15, -0.1) is 0 Å². The lowest BCUT2D eigenvalue weighted by Crippen LogP contribution is -2.49. The summed E-state index contributed by atoms with van der Waals surface area (Å²) >= 11 is 0. The highest BCUT2D eigenvalue weighted by molar-refractivity contribution is 5.74. The van der Waals surface area contributed by atoms with E-state index in [-0.39, 0.29) is 12.1 Å². The van der Waals surface area contributed by atoms with Crippen LogP contribution in [0.5, 0.6) is 11.5 Å². The lowest BCUT2D eigenvalue weighted by molar-refractivity contribution is -0.0639. The van der Waals surface area contributed by atoms with E-state index < -0.39 is 5.60 Å². The number of carbonyl (C=O) groups excluding carboxylic acids is 1. The molecule has 2 aliphatic heterocycles. The van der Waals surface area contributed by atoms with Crippen molar-refractivity contribution in [3.63, 3.8) is 0 Å². The Bertz CT molecular complexity index is 1030. The van der Waals surface area contributed by atoms with Crippen LogP contribution in [-0.4, -0.2) is 42.8 Å². The molecular formula is C27H33N3O4. The Balaban J connectivity index is 1.21. The van der Waals surface area contributed by atoms with Crippen molar-refractivity contribution in [3.05, 3.63) is 65.7 Å². The molecule has 2 aromatic rings. The number of benzene rings is 2. The number of rotatable bonds is 6. The van der Waals surface area contributed by atoms with E-state index in [1.807, 2.05) is 53.4 Å². The summed E-state index contributed by atoms with van der Waals surface area (Å²) in [5, 5.41) is 3.02. The molecule has 5 rings (SSSR count). The molecule has 0 atom stereocenters. The van der Waals surface area contributed by atoms with E-state index in [1.54, 1.807) is 7.11 Å². The third-order valence-electron chi connectivity index (χ3n) is 7.03. The maximum atomic E-state index is 12.6. The summed E-state index contributed by atoms with van der Waals surface area (Å²) in [6.45, 7) is 1.82. The number of likely N-dealkylation sites (tertiary alicyclic amines) is 1. The van der Waals surface area contributed by atoms with Crippen LogP contribution in [0.4, 0.5) is 4.79 Å². The Kier molecular flexibility index (Phi) is 6.63. The summed E-state index contributed by atoms with van der Waals surface area (Å²) < 4.78 is 11.8. The number of hydroxylamine groups is 1. The van der Waals surface area contributed by atoms with Crippen LogP contribution >= 0.6 is 0 Å². The second-order valence-corrected chi connectivity index (χ2v) is 9.35. The minimum Gasteiger partial charge on any atom is -0.493 e. The highest BCUT2D eigenvalue weighted by Crippen LogP contribution is 2.38. The molecule has 2 amide bonds. The van der Waals surface area contributed by atoms with E-state index in [1.165, 1.54) is 12.8 Å². The fourth-order valence-corrected chi connectivity index (χ4v) is 4.96. The SMILES string of the molecule is COc1ccc(C2=CC3(CCN(C(=O)NCc4ccccc4)CC3)ON2)cc1OC1CCCC1. The van der Waals surface area contributed by atoms with Gasteiger partial charge in [-0.2, -0.15) is 0 Å². The van der Waals surface area contributed by atoms with Gasteiger partial charge in [-0.25, -0.2) is 4.79 Å². The third kappa shape index (κ3) is 4.99. The van der Waals surface area contributed by atoms with Crippen molar-refractivity contribution in [1.29, 1.82) is 0 Å². The molecule has 0 radical (unpaired) electrons. The molecule has 0 unspecified atom stereocenters. The van der Waals surface area contributed by atoms with Gasteiger partial charge >= 0.3 is 6.03 Å². The number of hydrogen-bond acceptors (Lipinski definition) is 5. The number of amides is 2. The number of piperidine rings is 1. The highest BCUT2D eigenvalue weighted by Gasteiger charge is 2.40. The average Bonchev–Trinajstić information content (AvgIpc) is 3.54. The molecule has 7 nitrogen and oxygen atoms in total. The molecule has 1 aliphatic carbocycles. The molecule has 0 aromatic heterocycles. The lowest BCUT2D eigenvalue weighted by Gasteiger charge is -2.36. The summed E-state index contributed by atoms with van der Waals surface area (Å²) in [5.74, 6) is 1.53. The van der Waals surface area contributed by atoms with Gasteiger partial charge in [0.15, 0.2) is 11.5 Å². The Morgan fingerprint density at radius 3 is 2.62 bits per heavy atom. The fraction of sp³-hybridized carbons (Fsp3) is 0.444. The van der Waals surface area contributed by atoms with Crippen molar-refractivity contribution in [2.24, 2.45) is 0 Å². The molecule has 7 heteroatoms. The number of methoxy groups -OCH3 is 1. The largest absolute Gasteiger partial charge is 0.493 e. The Morgan fingerprint density at radius 1 is 1.12 bits per heavy atom. The van der Waals surface area contributed by atoms with Crippen LogP contribution in [0.15, 0.2) is 54.6 Å². The van der Waals surface area contributed by atoms with Crippen molar-refractivity contribution in [1.82, 2.24) is 15.7 Å². The molecular weight excluding hydrogens is 430 g/mol. The number of carbonyl (C=O) groups is 1. The van der Waals surface area contributed by atoms with Crippen LogP contribution < -0.4 is 20.3 Å². The van der Waals surface area contributed by atoms with E-state index in [0.717, 1.165) is 54.0 Å². The maximum Gasteiger partial charge on any atom is 0.317 e. The van der Waals surface area contributed by atoms with Gasteiger partial charge in [0.2, 0.25) is 0 Å². The Labute approximate surface area is 201 Å². The van der Waals surface area contributed by atoms with E-state index >= 15 is 0 Å². The van der Waals surface area contributed by atoms with E-state index in [2.05, 4.69) is 16.9 Å². The molecule has 1 spiro atoms. The zero-order valence-corrected chi connectivity index (χ0v) is 19.7. The first-order valence-electron chi connectivity index (χ1n) is 12.2. The minimum atomic E-state index is -0.405. The number of hydrogen-bond donors (Lipinski definition) is 2. The molecule has 1 saturated carbocycles. The topological polar surface area (TPSA) is 72.1 Å². The van der Waals surface area contributed by atoms with Gasteiger partial charge in [-0.05, 0) is 55.5 Å². The number of urea groups is 1. The van der Waals surface area contributed by atoms with Crippen molar-refractivity contribution < 1.29 is 19.1 Å². The summed E-state index contributed by atoms with van der Waals surface area (Å²) in [7, 11) is 1.67. The zero-order chi connectivity index (χ0) is 23.4. The van der Waals surface area contributed by atoms with Gasteiger partial charge < -0.3 is 19.7 Å². The van der Waals surface area contributed by atoms with Gasteiger partial charge in [-0.1, -0.05) is 30.3 Å². The van der Waals surface area contributed by atoms with E-state index in [9.17, 15) is 4.79 Å². The van der Waals surface area contributed by atoms with Gasteiger partial charge in [0.1, 0.15) is 5.60 Å². The lowest BCUT2D eigenvalue weighted by atomic mass is 9.90. The molecule has 2 fully saturated rings. The first-order valence-corrected chi connectivity index (χ1v) is 12.2. The number of nitrogens with one attached hydrogen (secondary N) is 2. The quantitative estimate of drug-likeness (QED) is 0.653. The smallest absolute Gasteiger partial charge is 0.317 e. The molecule has 2 heterocycles. The van der Waals surface area contributed by atoms with Gasteiger partial charge in [0.05, 0.1) is 18.9 Å². The first-order chi connectivity index (χ1) is 16.6. The van der Waals surface area contributed by atoms with Crippen LogP contribution in [0, 0.1) is 0 Å². The normalized spacial score (nSPS) is 19.6. The summed E-state index contributed by atoms with van der Waals surface area (Å²) in [6.07, 6.45) is 8.52. The third-order valence-corrected chi connectivity index (χ3v) is 7.03. The van der Waals surface area contributed by atoms with E-state index in [4.69, 9.17) is 14.3 Å². The number of nitrogens with zero attached hydrogens (tertiary/aromatic N) is 1. The van der Waals surface area contributed by atoms with Crippen molar-refractivity contribution in [2.45, 2.75) is 56.8 Å². The second-order valence-electron chi connectivity index (χ2n) is 9.35. The van der Waals surface area contributed by atoms with Crippen LogP contribution in [0.1, 0.15) is 49.7 Å². The monoisotopic (exact) mass is 463 g/mol. The predicted octanol–water partition coefficient (Wildman–Crippen LogP) is 4.64. The molecule has 3 aliphatic rings. The zero-order valence-electron chi connectivity index (χ0n) is 19.7. The summed E-state index contributed by atoms with van der Waals surface area (Å²) in [5.41, 5.74) is 5.76. The molecule has 1 saturated heterocycles. The minimum absolute atomic E-state index is 0.0299. The maximum absolute atomic E-state index is 12.6. The van der Waals surface area contributed by atoms with Crippen LogP contribution in [0.25, 0.3) is 5.70 Å². The molecule has 34 heavy (non-hydrogen) atoms. The van der Waals surface area contributed by atoms with Gasteiger partial charge in [0, 0.05) is 38.0 Å². The molecule has 2 N–H and O–H groups in total. The molecule has 0 bridgehead atoms. The summed E-state index contributed by atoms with van der Waals surface area (Å²) in [4.78, 5) is 20.5. The predicted molar refractivity (Wildman–Crippen MR) is 130 cm³/mol. The van der Waals surface area contributed by atoms with Gasteiger partial charge in [-0.3, -0.25) is 10.3 Å².